The smallest absolute Gasteiger partial charge is 0.341 e. The molecule has 12 heteroatoms. The van der Waals surface area contributed by atoms with Gasteiger partial charge < -0.3 is 20.9 Å². The molecule has 0 unspecified atom stereocenters. The van der Waals surface area contributed by atoms with E-state index in [0.29, 0.717) is 35.7 Å². The standard InChI is InChI=1S/C24H28F3N7O2/c1-28-9-10-29-17-7-11-33(12-8-17)22(35)15-34-14-16-13-18(5-6-19(16)32-34)30-23(36)20-3-2-4-21(31-20)24(25,26)27/h2-6,13-14,17,28-29H,7-12,15H2,1H3,(H,30,36). The number of nitrogens with one attached hydrogen (secondary N) is 3. The Hall–Kier alpha value is -3.51. The average molecular weight is 504 g/mol. The van der Waals surface area contributed by atoms with Gasteiger partial charge in [0.1, 0.15) is 17.9 Å². The van der Waals surface area contributed by atoms with Crippen molar-refractivity contribution in [3.63, 3.8) is 0 Å². The highest BCUT2D eigenvalue weighted by atomic mass is 19.4. The van der Waals surface area contributed by atoms with E-state index in [0.717, 1.165) is 38.1 Å². The van der Waals surface area contributed by atoms with Crippen LogP contribution in [0, 0.1) is 0 Å². The van der Waals surface area contributed by atoms with Crippen molar-refractivity contribution in [3.05, 3.63) is 54.0 Å². The number of fused-ring (bicyclic) bond motifs is 1. The van der Waals surface area contributed by atoms with Gasteiger partial charge in [-0.05, 0) is 50.2 Å². The van der Waals surface area contributed by atoms with Crippen LogP contribution in [0.15, 0.2) is 42.6 Å². The number of carbonyl (C=O) groups is 2. The number of hydrogen-bond donors (Lipinski definition) is 3. The van der Waals surface area contributed by atoms with E-state index in [1.54, 1.807) is 29.1 Å². The van der Waals surface area contributed by atoms with Crippen LogP contribution in [0.5, 0.6) is 0 Å². The van der Waals surface area contributed by atoms with Crippen molar-refractivity contribution in [2.75, 3.05) is 38.5 Å². The normalized spacial score (nSPS) is 14.8. The van der Waals surface area contributed by atoms with E-state index < -0.39 is 17.8 Å². The third-order valence-corrected chi connectivity index (χ3v) is 6.03. The number of rotatable bonds is 8. The molecular formula is C24H28F3N7O2. The van der Waals surface area contributed by atoms with Gasteiger partial charge in [0.05, 0.1) is 5.52 Å². The second kappa shape index (κ2) is 11.0. The fourth-order valence-corrected chi connectivity index (χ4v) is 4.12. The van der Waals surface area contributed by atoms with E-state index in [9.17, 15) is 22.8 Å². The van der Waals surface area contributed by atoms with E-state index >= 15 is 0 Å². The number of aromatic nitrogens is 3. The Morgan fingerprint density at radius 2 is 1.89 bits per heavy atom. The van der Waals surface area contributed by atoms with Crippen LogP contribution in [-0.2, 0) is 17.5 Å². The number of likely N-dealkylation sites (tertiary alicyclic amines) is 1. The maximum Gasteiger partial charge on any atom is 0.433 e. The quantitative estimate of drug-likeness (QED) is 0.408. The first-order valence-corrected chi connectivity index (χ1v) is 11.7. The van der Waals surface area contributed by atoms with Crippen LogP contribution in [0.25, 0.3) is 10.9 Å². The van der Waals surface area contributed by atoms with Crippen LogP contribution in [0.3, 0.4) is 0 Å². The topological polar surface area (TPSA) is 104 Å². The molecule has 3 N–H and O–H groups in total. The van der Waals surface area contributed by atoms with Crippen molar-refractivity contribution < 1.29 is 22.8 Å². The molecule has 3 aromatic rings. The predicted octanol–water partition coefficient (Wildman–Crippen LogP) is 2.50. The van der Waals surface area contributed by atoms with Crippen LogP contribution in [-0.4, -0.2) is 70.7 Å². The fraction of sp³-hybridized carbons (Fsp3) is 0.417. The zero-order valence-corrected chi connectivity index (χ0v) is 19.8. The van der Waals surface area contributed by atoms with Gasteiger partial charge in [-0.1, -0.05) is 6.07 Å². The van der Waals surface area contributed by atoms with Crippen molar-refractivity contribution >= 4 is 28.4 Å². The number of anilines is 1. The largest absolute Gasteiger partial charge is 0.433 e. The maximum atomic E-state index is 12.9. The number of alkyl halides is 3. The summed E-state index contributed by atoms with van der Waals surface area (Å²) in [5.74, 6) is -0.771. The molecule has 36 heavy (non-hydrogen) atoms. The Balaban J connectivity index is 1.35. The summed E-state index contributed by atoms with van der Waals surface area (Å²) >= 11 is 0. The molecule has 0 bridgehead atoms. The van der Waals surface area contributed by atoms with Gasteiger partial charge >= 0.3 is 6.18 Å². The Labute approximate surface area is 206 Å². The van der Waals surface area contributed by atoms with Crippen molar-refractivity contribution in [1.82, 2.24) is 30.3 Å². The van der Waals surface area contributed by atoms with Gasteiger partial charge in [0.25, 0.3) is 5.91 Å². The van der Waals surface area contributed by atoms with Gasteiger partial charge in [0, 0.05) is 49.5 Å². The minimum atomic E-state index is -4.64. The number of nitrogens with zero attached hydrogens (tertiary/aromatic N) is 4. The molecule has 3 heterocycles. The Morgan fingerprint density at radius 3 is 2.61 bits per heavy atom. The van der Waals surface area contributed by atoms with Crippen molar-refractivity contribution in [2.24, 2.45) is 0 Å². The van der Waals surface area contributed by atoms with Crippen LogP contribution >= 0.6 is 0 Å². The van der Waals surface area contributed by atoms with Gasteiger partial charge in [-0.3, -0.25) is 14.3 Å². The minimum absolute atomic E-state index is 0.0133. The van der Waals surface area contributed by atoms with E-state index in [1.165, 1.54) is 6.07 Å². The SMILES string of the molecule is CNCCNC1CCN(C(=O)Cn2cc3cc(NC(=O)c4cccc(C(F)(F)F)n4)ccc3n2)CC1. The van der Waals surface area contributed by atoms with Gasteiger partial charge in [0.15, 0.2) is 0 Å². The van der Waals surface area contributed by atoms with E-state index in [4.69, 9.17) is 0 Å². The van der Waals surface area contributed by atoms with Crippen LogP contribution in [0.1, 0.15) is 29.0 Å². The molecule has 0 aliphatic carbocycles. The van der Waals surface area contributed by atoms with Gasteiger partial charge in [-0.2, -0.15) is 18.3 Å². The fourth-order valence-electron chi connectivity index (χ4n) is 4.12. The first kappa shape index (κ1) is 25.6. The second-order valence-electron chi connectivity index (χ2n) is 8.67. The van der Waals surface area contributed by atoms with Crippen molar-refractivity contribution in [2.45, 2.75) is 31.6 Å². The molecule has 0 atom stereocenters. The molecule has 2 amide bonds. The third kappa shape index (κ3) is 6.38. The molecule has 0 spiro atoms. The first-order chi connectivity index (χ1) is 17.2. The summed E-state index contributed by atoms with van der Waals surface area (Å²) in [6.07, 6.45) is -1.13. The molecule has 1 fully saturated rings. The zero-order valence-electron chi connectivity index (χ0n) is 19.8. The number of carbonyl (C=O) groups excluding carboxylic acids is 2. The van der Waals surface area contributed by atoms with E-state index in [-0.39, 0.29) is 18.1 Å². The summed E-state index contributed by atoms with van der Waals surface area (Å²) < 4.78 is 40.2. The number of halogens is 3. The molecule has 1 aromatic carbocycles. The molecule has 9 nitrogen and oxygen atoms in total. The monoisotopic (exact) mass is 503 g/mol. The Morgan fingerprint density at radius 1 is 1.11 bits per heavy atom. The predicted molar refractivity (Wildman–Crippen MR) is 128 cm³/mol. The van der Waals surface area contributed by atoms with Gasteiger partial charge in [-0.15, -0.1) is 0 Å². The van der Waals surface area contributed by atoms with Gasteiger partial charge in [-0.25, -0.2) is 4.98 Å². The lowest BCUT2D eigenvalue weighted by molar-refractivity contribution is -0.141. The molecule has 4 rings (SSSR count). The van der Waals surface area contributed by atoms with Crippen molar-refractivity contribution in [1.29, 1.82) is 0 Å². The number of amides is 2. The summed E-state index contributed by atoms with van der Waals surface area (Å²) in [6.45, 7) is 3.28. The molecule has 0 radical (unpaired) electrons. The van der Waals surface area contributed by atoms with Crippen LogP contribution in [0.4, 0.5) is 18.9 Å². The highest BCUT2D eigenvalue weighted by Gasteiger charge is 2.33. The second-order valence-corrected chi connectivity index (χ2v) is 8.67. The van der Waals surface area contributed by atoms with Crippen LogP contribution < -0.4 is 16.0 Å². The Bertz CT molecular complexity index is 1220. The molecule has 0 saturated carbocycles. The summed E-state index contributed by atoms with van der Waals surface area (Å²) in [6, 6.07) is 8.49. The summed E-state index contributed by atoms with van der Waals surface area (Å²) in [5.41, 5.74) is -0.464. The molecular weight excluding hydrogens is 475 g/mol. The third-order valence-electron chi connectivity index (χ3n) is 6.03. The first-order valence-electron chi connectivity index (χ1n) is 11.7. The Kier molecular flexibility index (Phi) is 7.85. The molecule has 1 aliphatic heterocycles. The average Bonchev–Trinajstić information content (AvgIpc) is 3.25. The highest BCUT2D eigenvalue weighted by Crippen LogP contribution is 2.27. The zero-order chi connectivity index (χ0) is 25.7. The molecule has 192 valence electrons. The number of piperidine rings is 1. The lowest BCUT2D eigenvalue weighted by atomic mass is 10.1. The number of hydrogen-bond acceptors (Lipinski definition) is 6. The number of likely N-dealkylation sites (N-methyl/N-ethyl adjacent to an activating group) is 1. The highest BCUT2D eigenvalue weighted by molar-refractivity contribution is 6.03. The summed E-state index contributed by atoms with van der Waals surface area (Å²) in [4.78, 5) is 30.4. The summed E-state index contributed by atoms with van der Waals surface area (Å²) in [7, 11) is 1.91. The maximum absolute atomic E-state index is 12.9. The lowest BCUT2D eigenvalue weighted by Gasteiger charge is -2.32. The number of pyridine rings is 1. The summed E-state index contributed by atoms with van der Waals surface area (Å²) in [5, 5.41) is 14.3. The number of benzene rings is 1. The molecule has 1 saturated heterocycles. The molecule has 1 aliphatic rings. The van der Waals surface area contributed by atoms with E-state index in [2.05, 4.69) is 26.0 Å². The van der Waals surface area contributed by atoms with E-state index in [1.807, 2.05) is 11.9 Å². The van der Waals surface area contributed by atoms with Crippen LogP contribution in [0.2, 0.25) is 0 Å². The van der Waals surface area contributed by atoms with Crippen molar-refractivity contribution in [3.8, 4) is 0 Å². The molecule has 2 aromatic heterocycles. The lowest BCUT2D eigenvalue weighted by Crippen LogP contribution is -2.46. The minimum Gasteiger partial charge on any atom is -0.341 e. The van der Waals surface area contributed by atoms with Gasteiger partial charge in [0.2, 0.25) is 5.91 Å².